The van der Waals surface area contributed by atoms with Crippen LogP contribution in [-0.2, 0) is 0 Å². The molecule has 0 saturated carbocycles. The second kappa shape index (κ2) is 3.62. The molecule has 0 atom stereocenters. The van der Waals surface area contributed by atoms with Crippen molar-refractivity contribution in [1.82, 2.24) is 9.97 Å². The Morgan fingerprint density at radius 3 is 2.36 bits per heavy atom. The molecule has 2 N–H and O–H groups in total. The molecule has 0 fully saturated rings. The van der Waals surface area contributed by atoms with Gasteiger partial charge in [0.15, 0.2) is 0 Å². The van der Waals surface area contributed by atoms with Gasteiger partial charge in [-0.25, -0.2) is 0 Å². The van der Waals surface area contributed by atoms with Gasteiger partial charge < -0.3 is 9.97 Å². The third-order valence-electron chi connectivity index (χ3n) is 1.75. The highest BCUT2D eigenvalue weighted by Crippen LogP contribution is 2.24. The normalized spacial score (nSPS) is 10.7. The summed E-state index contributed by atoms with van der Waals surface area (Å²) in [6, 6.07) is 3.39. The van der Waals surface area contributed by atoms with Crippen LogP contribution >= 0.6 is 47.6 Å². The number of fused-ring (bicyclic) bond motifs is 1. The number of benzene rings is 1. The number of rotatable bonds is 0. The molecule has 0 aliphatic carbocycles. The quantitative estimate of drug-likeness (QED) is 0.696. The van der Waals surface area contributed by atoms with Crippen molar-refractivity contribution in [1.29, 1.82) is 0 Å². The minimum Gasteiger partial charge on any atom is -0.342 e. The van der Waals surface area contributed by atoms with Crippen molar-refractivity contribution in [2.45, 2.75) is 0 Å². The second-order valence-corrected chi connectivity index (χ2v) is 4.38. The second-order valence-electron chi connectivity index (χ2n) is 2.72. The van der Waals surface area contributed by atoms with Gasteiger partial charge in [-0.1, -0.05) is 47.6 Å². The van der Waals surface area contributed by atoms with Crippen molar-refractivity contribution in [3.63, 3.8) is 0 Å². The van der Waals surface area contributed by atoms with Crippen LogP contribution in [0.3, 0.4) is 0 Å². The Morgan fingerprint density at radius 2 is 1.64 bits per heavy atom. The summed E-state index contributed by atoms with van der Waals surface area (Å²) >= 11 is 21.8. The van der Waals surface area contributed by atoms with E-state index in [4.69, 9.17) is 47.6 Å². The number of hydrogen-bond acceptors (Lipinski definition) is 2. The molecule has 14 heavy (non-hydrogen) atoms. The molecule has 2 nitrogen and oxygen atoms in total. The van der Waals surface area contributed by atoms with Crippen LogP contribution in [0.25, 0.3) is 11.0 Å². The highest BCUT2D eigenvalue weighted by atomic mass is 35.5. The molecule has 0 bridgehead atoms. The molecular weight excluding hydrogens is 259 g/mol. The maximum atomic E-state index is 5.97. The molecule has 0 saturated heterocycles. The zero-order valence-electron chi connectivity index (χ0n) is 6.73. The van der Waals surface area contributed by atoms with Gasteiger partial charge in [0.05, 0.1) is 16.1 Å². The highest BCUT2D eigenvalue weighted by Gasteiger charge is 2.02. The van der Waals surface area contributed by atoms with E-state index in [0.29, 0.717) is 19.3 Å². The molecule has 0 unspecified atom stereocenters. The van der Waals surface area contributed by atoms with E-state index >= 15 is 0 Å². The van der Waals surface area contributed by atoms with Gasteiger partial charge in [0.25, 0.3) is 0 Å². The standard InChI is InChI=1S/C8H4Cl2N2S2/c9-3-1-4(10)6-5(2-3)11-7(13)8(14)12-6/h1-2H,(H,11,13)(H,12,14). The fraction of sp³-hybridized carbons (Fsp3) is 0. The third kappa shape index (κ3) is 1.70. The Kier molecular flexibility index (Phi) is 2.62. The Labute approximate surface area is 99.9 Å². The van der Waals surface area contributed by atoms with Crippen molar-refractivity contribution in [3.05, 3.63) is 31.5 Å². The summed E-state index contributed by atoms with van der Waals surface area (Å²) in [4.78, 5) is 5.89. The molecule has 0 aliphatic heterocycles. The number of aromatic nitrogens is 2. The number of aromatic amines is 2. The molecule has 1 heterocycles. The number of halogens is 2. The number of nitrogens with one attached hydrogen (secondary N) is 2. The third-order valence-corrected chi connectivity index (χ3v) is 3.01. The van der Waals surface area contributed by atoms with Crippen molar-refractivity contribution < 1.29 is 0 Å². The molecule has 1 aromatic heterocycles. The summed E-state index contributed by atoms with van der Waals surface area (Å²) in [5.41, 5.74) is 1.47. The molecule has 0 radical (unpaired) electrons. The molecule has 0 amide bonds. The van der Waals surface area contributed by atoms with Crippen LogP contribution in [0.5, 0.6) is 0 Å². The number of hydrogen-bond donors (Lipinski definition) is 2. The molecule has 1 aromatic carbocycles. The lowest BCUT2D eigenvalue weighted by molar-refractivity contribution is 1.24. The monoisotopic (exact) mass is 262 g/mol. The van der Waals surface area contributed by atoms with Crippen molar-refractivity contribution >= 4 is 58.7 Å². The smallest absolute Gasteiger partial charge is 0.138 e. The minimum atomic E-state index is 0.469. The van der Waals surface area contributed by atoms with E-state index in [1.807, 2.05) is 0 Å². The summed E-state index contributed by atoms with van der Waals surface area (Å²) in [6.45, 7) is 0. The SMILES string of the molecule is S=c1[nH]c2cc(Cl)cc(Cl)c2[nH]c1=S. The number of H-pyrrole nitrogens is 2. The summed E-state index contributed by atoms with van der Waals surface area (Å²) in [5.74, 6) is 0. The van der Waals surface area contributed by atoms with E-state index in [0.717, 1.165) is 11.0 Å². The molecule has 0 spiro atoms. The Bertz CT molecular complexity index is 615. The maximum Gasteiger partial charge on any atom is 0.138 e. The minimum absolute atomic E-state index is 0.469. The van der Waals surface area contributed by atoms with Crippen LogP contribution in [0.4, 0.5) is 0 Å². The lowest BCUT2D eigenvalue weighted by Gasteiger charge is -2.01. The fourth-order valence-corrected chi connectivity index (χ4v) is 2.00. The Balaban J connectivity index is 3.03. The van der Waals surface area contributed by atoms with Crippen LogP contribution in [-0.4, -0.2) is 9.97 Å². The first-order chi connectivity index (χ1) is 6.58. The van der Waals surface area contributed by atoms with Gasteiger partial charge in [0.2, 0.25) is 0 Å². The summed E-state index contributed by atoms with van der Waals surface area (Å²) in [5, 5.41) is 1.07. The molecule has 6 heteroatoms. The molecule has 72 valence electrons. The van der Waals surface area contributed by atoms with Gasteiger partial charge in [0.1, 0.15) is 9.28 Å². The topological polar surface area (TPSA) is 31.6 Å². The Hall–Kier alpha value is -0.420. The van der Waals surface area contributed by atoms with E-state index in [2.05, 4.69) is 9.97 Å². The van der Waals surface area contributed by atoms with Crippen LogP contribution in [0.2, 0.25) is 10.0 Å². The van der Waals surface area contributed by atoms with E-state index in [1.165, 1.54) is 0 Å². The van der Waals surface area contributed by atoms with Crippen LogP contribution in [0, 0.1) is 9.28 Å². The largest absolute Gasteiger partial charge is 0.342 e. The van der Waals surface area contributed by atoms with Gasteiger partial charge in [0, 0.05) is 5.02 Å². The molecular formula is C8H4Cl2N2S2. The van der Waals surface area contributed by atoms with Gasteiger partial charge in [-0.3, -0.25) is 0 Å². The van der Waals surface area contributed by atoms with E-state index in [9.17, 15) is 0 Å². The van der Waals surface area contributed by atoms with E-state index in [-0.39, 0.29) is 0 Å². The highest BCUT2D eigenvalue weighted by molar-refractivity contribution is 7.73. The van der Waals surface area contributed by atoms with Crippen molar-refractivity contribution in [3.8, 4) is 0 Å². The molecule has 2 aromatic rings. The van der Waals surface area contributed by atoms with E-state index < -0.39 is 0 Å². The summed E-state index contributed by atoms with van der Waals surface area (Å²) in [6.07, 6.45) is 0. The lowest BCUT2D eigenvalue weighted by Crippen LogP contribution is -1.87. The zero-order chi connectivity index (χ0) is 10.3. The molecule has 2 rings (SSSR count). The van der Waals surface area contributed by atoms with Gasteiger partial charge in [-0.05, 0) is 12.1 Å². The van der Waals surface area contributed by atoms with Crippen LogP contribution in [0.15, 0.2) is 12.1 Å². The molecule has 0 aliphatic rings. The average Bonchev–Trinajstić information content (AvgIpc) is 2.08. The summed E-state index contributed by atoms with van der Waals surface area (Å²) < 4.78 is 0.947. The van der Waals surface area contributed by atoms with Gasteiger partial charge >= 0.3 is 0 Å². The predicted molar refractivity (Wildman–Crippen MR) is 64.3 cm³/mol. The van der Waals surface area contributed by atoms with Gasteiger partial charge in [-0.2, -0.15) is 0 Å². The van der Waals surface area contributed by atoms with Crippen LogP contribution < -0.4 is 0 Å². The lowest BCUT2D eigenvalue weighted by atomic mass is 10.3. The van der Waals surface area contributed by atoms with Crippen molar-refractivity contribution in [2.75, 3.05) is 0 Å². The predicted octanol–water partition coefficient (Wildman–Crippen LogP) is 4.26. The van der Waals surface area contributed by atoms with Crippen molar-refractivity contribution in [2.24, 2.45) is 0 Å². The fourth-order valence-electron chi connectivity index (χ4n) is 1.15. The maximum absolute atomic E-state index is 5.97. The zero-order valence-corrected chi connectivity index (χ0v) is 9.87. The van der Waals surface area contributed by atoms with E-state index in [1.54, 1.807) is 12.1 Å². The Morgan fingerprint density at radius 1 is 1.00 bits per heavy atom. The first-order valence-corrected chi connectivity index (χ1v) is 5.26. The van der Waals surface area contributed by atoms with Crippen LogP contribution in [0.1, 0.15) is 0 Å². The van der Waals surface area contributed by atoms with Gasteiger partial charge in [-0.15, -0.1) is 0 Å². The summed E-state index contributed by atoms with van der Waals surface area (Å²) in [7, 11) is 0. The first kappa shape index (κ1) is 10.1. The average molecular weight is 263 g/mol. The first-order valence-electron chi connectivity index (χ1n) is 3.69.